The first kappa shape index (κ1) is 14.9. The number of hydrogen-bond acceptors (Lipinski definition) is 4. The van der Waals surface area contributed by atoms with Crippen molar-refractivity contribution in [3.05, 3.63) is 24.3 Å². The zero-order valence-electron chi connectivity index (χ0n) is 12.0. The van der Waals surface area contributed by atoms with E-state index in [1.807, 2.05) is 12.1 Å². The molecule has 6 nitrogen and oxygen atoms in total. The molecule has 2 heterocycles. The lowest BCUT2D eigenvalue weighted by molar-refractivity contribution is -0.156. The number of amides is 2. The summed E-state index contributed by atoms with van der Waals surface area (Å²) in [6, 6.07) is 6.61. The van der Waals surface area contributed by atoms with Gasteiger partial charge in [0.2, 0.25) is 11.8 Å². The number of benzene rings is 1. The van der Waals surface area contributed by atoms with Crippen molar-refractivity contribution in [2.45, 2.75) is 42.0 Å². The maximum absolute atomic E-state index is 11.6. The fourth-order valence-electron chi connectivity index (χ4n) is 3.04. The third-order valence-corrected chi connectivity index (χ3v) is 5.26. The van der Waals surface area contributed by atoms with Gasteiger partial charge in [-0.3, -0.25) is 9.59 Å². The Labute approximate surface area is 131 Å². The molecule has 0 aromatic heterocycles. The van der Waals surface area contributed by atoms with Crippen molar-refractivity contribution in [1.82, 2.24) is 4.90 Å². The average molecular weight is 320 g/mol. The van der Waals surface area contributed by atoms with Crippen molar-refractivity contribution >= 4 is 35.2 Å². The molecule has 7 heteroatoms. The van der Waals surface area contributed by atoms with Crippen LogP contribution >= 0.6 is 11.8 Å². The number of rotatable bonds is 4. The predicted octanol–water partition coefficient (Wildman–Crippen LogP) is 1.56. The first-order chi connectivity index (χ1) is 10.5. The van der Waals surface area contributed by atoms with Crippen LogP contribution in [0.3, 0.4) is 0 Å². The molecule has 2 N–H and O–H groups in total. The molecular weight excluding hydrogens is 304 g/mol. The van der Waals surface area contributed by atoms with Crippen LogP contribution in [0, 0.1) is 0 Å². The van der Waals surface area contributed by atoms with E-state index in [0.717, 1.165) is 4.90 Å². The van der Waals surface area contributed by atoms with Crippen LogP contribution in [0.4, 0.5) is 5.69 Å². The van der Waals surface area contributed by atoms with Crippen molar-refractivity contribution in [2.75, 3.05) is 5.32 Å². The first-order valence-electron chi connectivity index (χ1n) is 7.04. The number of aliphatic carboxylic acids is 1. The van der Waals surface area contributed by atoms with Gasteiger partial charge >= 0.3 is 5.97 Å². The zero-order chi connectivity index (χ0) is 15.9. The average Bonchev–Trinajstić information content (AvgIpc) is 2.73. The van der Waals surface area contributed by atoms with Crippen LogP contribution in [0.15, 0.2) is 29.2 Å². The quantitative estimate of drug-likeness (QED) is 0.822. The number of carbonyl (C=O) groups excluding carboxylic acids is 2. The van der Waals surface area contributed by atoms with Crippen molar-refractivity contribution < 1.29 is 19.5 Å². The lowest BCUT2D eigenvalue weighted by atomic mass is 10.0. The van der Waals surface area contributed by atoms with Gasteiger partial charge in [0, 0.05) is 35.2 Å². The molecule has 0 radical (unpaired) electrons. The minimum absolute atomic E-state index is 0.0680. The molecule has 2 fully saturated rings. The summed E-state index contributed by atoms with van der Waals surface area (Å²) in [5.74, 6) is -1.14. The second-order valence-corrected chi connectivity index (χ2v) is 6.85. The Morgan fingerprint density at radius 2 is 2.00 bits per heavy atom. The second kappa shape index (κ2) is 5.64. The highest BCUT2D eigenvalue weighted by atomic mass is 32.2. The van der Waals surface area contributed by atoms with Gasteiger partial charge < -0.3 is 15.3 Å². The molecule has 1 aromatic carbocycles. The highest BCUT2D eigenvalue weighted by molar-refractivity contribution is 8.00. The molecule has 3 atom stereocenters. The summed E-state index contributed by atoms with van der Waals surface area (Å²) in [6.45, 7) is 1.44. The third kappa shape index (κ3) is 2.68. The molecule has 0 bridgehead atoms. The summed E-state index contributed by atoms with van der Waals surface area (Å²) >= 11 is 1.48. The third-order valence-electron chi connectivity index (χ3n) is 3.96. The molecule has 3 rings (SSSR count). The molecule has 0 spiro atoms. The number of β-lactam (4-membered cyclic amide) rings is 1. The van der Waals surface area contributed by atoms with Crippen molar-refractivity contribution in [1.29, 1.82) is 0 Å². The van der Waals surface area contributed by atoms with Crippen LogP contribution in [0.25, 0.3) is 0 Å². The summed E-state index contributed by atoms with van der Waals surface area (Å²) in [4.78, 5) is 36.5. The van der Waals surface area contributed by atoms with E-state index in [-0.39, 0.29) is 23.1 Å². The number of fused-ring (bicyclic) bond motifs is 1. The number of carbonyl (C=O) groups is 3. The van der Waals surface area contributed by atoms with Crippen LogP contribution in [0.1, 0.15) is 19.8 Å². The van der Waals surface area contributed by atoms with E-state index in [2.05, 4.69) is 5.32 Å². The van der Waals surface area contributed by atoms with Gasteiger partial charge in [-0.2, -0.15) is 0 Å². The summed E-state index contributed by atoms with van der Waals surface area (Å²) in [5.41, 5.74) is 0.706. The fourth-order valence-corrected chi connectivity index (χ4v) is 4.37. The van der Waals surface area contributed by atoms with Crippen LogP contribution < -0.4 is 5.32 Å². The highest BCUT2D eigenvalue weighted by Crippen LogP contribution is 2.43. The molecular formula is C15H16N2O4S. The van der Waals surface area contributed by atoms with Crippen molar-refractivity contribution in [3.63, 3.8) is 0 Å². The number of carboxylic acid groups (broad SMARTS) is 1. The SMILES string of the molecule is CC(=O)Nc1ccc(SC2CC3CC(=O)N3[C@@H]2C(=O)O)cc1. The van der Waals surface area contributed by atoms with Gasteiger partial charge in [0.15, 0.2) is 0 Å². The molecule has 2 aliphatic heterocycles. The fraction of sp³-hybridized carbons (Fsp3) is 0.400. The van der Waals surface area contributed by atoms with Crippen LogP contribution in [0.2, 0.25) is 0 Å². The minimum Gasteiger partial charge on any atom is -0.480 e. The van der Waals surface area contributed by atoms with E-state index in [1.54, 1.807) is 12.1 Å². The number of anilines is 1. The van der Waals surface area contributed by atoms with Gasteiger partial charge in [-0.1, -0.05) is 0 Å². The summed E-state index contributed by atoms with van der Waals surface area (Å²) < 4.78 is 0. The molecule has 2 amide bonds. The summed E-state index contributed by atoms with van der Waals surface area (Å²) in [6.07, 6.45) is 1.17. The standard InChI is InChI=1S/C15H16N2O4S/c1-8(18)16-9-2-4-11(5-3-9)22-12-6-10-7-13(19)17(10)14(12)15(20)21/h2-5,10,12,14H,6-7H2,1H3,(H,16,18)(H,20,21)/t10?,12?,14-/m0/s1. The lowest BCUT2D eigenvalue weighted by Gasteiger charge is -2.37. The zero-order valence-corrected chi connectivity index (χ0v) is 12.8. The Bertz CT molecular complexity index is 631. The Kier molecular flexibility index (Phi) is 3.82. The number of hydrogen-bond donors (Lipinski definition) is 2. The smallest absolute Gasteiger partial charge is 0.327 e. The maximum atomic E-state index is 11.6. The highest BCUT2D eigenvalue weighted by Gasteiger charge is 2.54. The monoisotopic (exact) mass is 320 g/mol. The van der Waals surface area contributed by atoms with E-state index in [1.165, 1.54) is 23.6 Å². The molecule has 2 saturated heterocycles. The normalized spacial score (nSPS) is 26.3. The van der Waals surface area contributed by atoms with Crippen LogP contribution in [-0.2, 0) is 14.4 Å². The van der Waals surface area contributed by atoms with E-state index >= 15 is 0 Å². The first-order valence-corrected chi connectivity index (χ1v) is 7.92. The summed E-state index contributed by atoms with van der Waals surface area (Å²) in [7, 11) is 0. The molecule has 1 aromatic rings. The number of nitrogens with one attached hydrogen (secondary N) is 1. The van der Waals surface area contributed by atoms with Gasteiger partial charge in [0.25, 0.3) is 0 Å². The molecule has 2 aliphatic rings. The van der Waals surface area contributed by atoms with E-state index < -0.39 is 12.0 Å². The lowest BCUT2D eigenvalue weighted by Crippen LogP contribution is -2.55. The second-order valence-electron chi connectivity index (χ2n) is 5.54. The largest absolute Gasteiger partial charge is 0.480 e. The summed E-state index contributed by atoms with van der Waals surface area (Å²) in [5, 5.41) is 11.9. The van der Waals surface area contributed by atoms with Gasteiger partial charge in [0.1, 0.15) is 6.04 Å². The number of thioether (sulfide) groups is 1. The van der Waals surface area contributed by atoms with Gasteiger partial charge in [0.05, 0.1) is 0 Å². The molecule has 0 aliphatic carbocycles. The minimum atomic E-state index is -0.942. The number of nitrogens with zero attached hydrogens (tertiary/aromatic N) is 1. The van der Waals surface area contributed by atoms with E-state index in [0.29, 0.717) is 18.5 Å². The molecule has 22 heavy (non-hydrogen) atoms. The maximum Gasteiger partial charge on any atom is 0.327 e. The van der Waals surface area contributed by atoms with Crippen molar-refractivity contribution in [3.8, 4) is 0 Å². The van der Waals surface area contributed by atoms with Crippen LogP contribution in [-0.4, -0.2) is 45.1 Å². The molecule has 2 unspecified atom stereocenters. The van der Waals surface area contributed by atoms with Crippen molar-refractivity contribution in [2.24, 2.45) is 0 Å². The van der Waals surface area contributed by atoms with Crippen LogP contribution in [0.5, 0.6) is 0 Å². The van der Waals surface area contributed by atoms with E-state index in [4.69, 9.17) is 0 Å². The Hall–Kier alpha value is -2.02. The van der Waals surface area contributed by atoms with Gasteiger partial charge in [-0.05, 0) is 30.7 Å². The topological polar surface area (TPSA) is 86.7 Å². The Morgan fingerprint density at radius 3 is 2.55 bits per heavy atom. The number of carboxylic acids is 1. The predicted molar refractivity (Wildman–Crippen MR) is 81.7 cm³/mol. The molecule has 116 valence electrons. The van der Waals surface area contributed by atoms with Gasteiger partial charge in [-0.25, -0.2) is 4.79 Å². The van der Waals surface area contributed by atoms with Gasteiger partial charge in [-0.15, -0.1) is 11.8 Å². The van der Waals surface area contributed by atoms with E-state index in [9.17, 15) is 19.5 Å². The Balaban J connectivity index is 1.71. The molecule has 0 saturated carbocycles. The Morgan fingerprint density at radius 1 is 1.32 bits per heavy atom.